The Kier molecular flexibility index (Phi) is 5.06. The molecule has 88 valence electrons. The van der Waals surface area contributed by atoms with Crippen LogP contribution in [0.2, 0.25) is 10.0 Å². The Labute approximate surface area is 105 Å². The minimum Gasteiger partial charge on any atom is -0.323 e. The van der Waals surface area contributed by atoms with E-state index in [0.29, 0.717) is 22.2 Å². The van der Waals surface area contributed by atoms with Crippen LogP contribution < -0.4 is 11.1 Å². The Morgan fingerprint density at radius 3 is 2.81 bits per heavy atom. The van der Waals surface area contributed by atoms with Gasteiger partial charge >= 0.3 is 0 Å². The van der Waals surface area contributed by atoms with Crippen molar-refractivity contribution < 1.29 is 4.79 Å². The topological polar surface area (TPSA) is 55.1 Å². The quantitative estimate of drug-likeness (QED) is 0.875. The van der Waals surface area contributed by atoms with Crippen molar-refractivity contribution in [3.8, 4) is 0 Å². The molecule has 0 unspecified atom stereocenters. The van der Waals surface area contributed by atoms with Gasteiger partial charge in [0.15, 0.2) is 0 Å². The number of carbonyl (C=O) groups is 1. The van der Waals surface area contributed by atoms with Gasteiger partial charge in [-0.15, -0.1) is 0 Å². The number of anilines is 1. The van der Waals surface area contributed by atoms with E-state index in [-0.39, 0.29) is 5.91 Å². The fourth-order valence-electron chi connectivity index (χ4n) is 1.26. The normalized spacial score (nSPS) is 12.2. The molecular weight excluding hydrogens is 247 g/mol. The number of halogens is 2. The maximum Gasteiger partial charge on any atom is 0.241 e. The molecule has 0 radical (unpaired) electrons. The SMILES string of the molecule is CCC[C@H](N)C(=O)Nc1cc(Cl)ccc1Cl. The van der Waals surface area contributed by atoms with Gasteiger partial charge in [-0.2, -0.15) is 0 Å². The Bertz CT molecular complexity index is 382. The summed E-state index contributed by atoms with van der Waals surface area (Å²) in [6.07, 6.45) is 1.50. The van der Waals surface area contributed by atoms with Gasteiger partial charge in [-0.25, -0.2) is 0 Å². The number of nitrogens with one attached hydrogen (secondary N) is 1. The van der Waals surface area contributed by atoms with E-state index < -0.39 is 6.04 Å². The number of amides is 1. The predicted molar refractivity (Wildman–Crippen MR) is 68.0 cm³/mol. The fourth-order valence-corrected chi connectivity index (χ4v) is 1.60. The zero-order valence-electron chi connectivity index (χ0n) is 8.97. The highest BCUT2D eigenvalue weighted by Gasteiger charge is 2.13. The highest BCUT2D eigenvalue weighted by atomic mass is 35.5. The molecule has 0 aliphatic rings. The summed E-state index contributed by atoms with van der Waals surface area (Å²) in [5, 5.41) is 3.62. The monoisotopic (exact) mass is 260 g/mol. The molecule has 0 aliphatic carbocycles. The van der Waals surface area contributed by atoms with Crippen molar-refractivity contribution in [2.24, 2.45) is 5.73 Å². The average molecular weight is 261 g/mol. The number of hydrogen-bond donors (Lipinski definition) is 2. The molecule has 0 saturated carbocycles. The van der Waals surface area contributed by atoms with Crippen LogP contribution in [0.25, 0.3) is 0 Å². The molecule has 3 N–H and O–H groups in total. The van der Waals surface area contributed by atoms with E-state index in [1.54, 1.807) is 18.2 Å². The minimum absolute atomic E-state index is 0.244. The van der Waals surface area contributed by atoms with Gasteiger partial charge in [0.25, 0.3) is 0 Å². The number of nitrogens with two attached hydrogens (primary N) is 1. The molecule has 1 aromatic carbocycles. The van der Waals surface area contributed by atoms with Crippen LogP contribution in [0, 0.1) is 0 Å². The van der Waals surface area contributed by atoms with E-state index in [0.717, 1.165) is 6.42 Å². The minimum atomic E-state index is -0.514. The van der Waals surface area contributed by atoms with Crippen LogP contribution in [0.4, 0.5) is 5.69 Å². The molecule has 16 heavy (non-hydrogen) atoms. The summed E-state index contributed by atoms with van der Waals surface area (Å²) in [6, 6.07) is 4.37. The van der Waals surface area contributed by atoms with Crippen molar-refractivity contribution >= 4 is 34.8 Å². The van der Waals surface area contributed by atoms with Gasteiger partial charge in [0.1, 0.15) is 0 Å². The number of hydrogen-bond acceptors (Lipinski definition) is 2. The third-order valence-electron chi connectivity index (χ3n) is 2.12. The van der Waals surface area contributed by atoms with Gasteiger partial charge in [-0.05, 0) is 24.6 Å². The van der Waals surface area contributed by atoms with Crippen molar-refractivity contribution in [1.82, 2.24) is 0 Å². The molecule has 0 heterocycles. The third kappa shape index (κ3) is 3.67. The molecular formula is C11H14Cl2N2O. The van der Waals surface area contributed by atoms with Gasteiger partial charge < -0.3 is 11.1 Å². The lowest BCUT2D eigenvalue weighted by Crippen LogP contribution is -2.35. The summed E-state index contributed by atoms with van der Waals surface area (Å²) in [5.41, 5.74) is 6.17. The smallest absolute Gasteiger partial charge is 0.241 e. The highest BCUT2D eigenvalue weighted by molar-refractivity contribution is 6.35. The summed E-state index contributed by atoms with van der Waals surface area (Å²) in [6.45, 7) is 1.97. The van der Waals surface area contributed by atoms with Gasteiger partial charge in [0.05, 0.1) is 16.8 Å². The first-order valence-corrected chi connectivity index (χ1v) is 5.81. The molecule has 1 atom stereocenters. The van der Waals surface area contributed by atoms with Gasteiger partial charge in [-0.1, -0.05) is 36.5 Å². The first-order chi connectivity index (χ1) is 7.54. The lowest BCUT2D eigenvalue weighted by Gasteiger charge is -2.12. The van der Waals surface area contributed by atoms with E-state index in [1.807, 2.05) is 6.92 Å². The maximum absolute atomic E-state index is 11.6. The summed E-state index contributed by atoms with van der Waals surface area (Å²) in [7, 11) is 0. The molecule has 1 amide bonds. The van der Waals surface area contributed by atoms with Gasteiger partial charge in [0.2, 0.25) is 5.91 Å². The van der Waals surface area contributed by atoms with Crippen LogP contribution in [0.5, 0.6) is 0 Å². The number of carbonyl (C=O) groups excluding carboxylic acids is 1. The Morgan fingerprint density at radius 2 is 2.19 bits per heavy atom. The summed E-state index contributed by atoms with van der Waals surface area (Å²) in [5.74, 6) is -0.244. The second-order valence-electron chi connectivity index (χ2n) is 3.51. The lowest BCUT2D eigenvalue weighted by atomic mass is 10.1. The van der Waals surface area contributed by atoms with Crippen molar-refractivity contribution in [2.45, 2.75) is 25.8 Å². The molecule has 0 spiro atoms. The fraction of sp³-hybridized carbons (Fsp3) is 0.364. The van der Waals surface area contributed by atoms with Crippen LogP contribution >= 0.6 is 23.2 Å². The number of rotatable bonds is 4. The van der Waals surface area contributed by atoms with E-state index in [1.165, 1.54) is 0 Å². The summed E-state index contributed by atoms with van der Waals surface area (Å²) in [4.78, 5) is 11.6. The first kappa shape index (κ1) is 13.3. The average Bonchev–Trinajstić information content (AvgIpc) is 2.23. The largest absolute Gasteiger partial charge is 0.323 e. The molecule has 0 bridgehead atoms. The second kappa shape index (κ2) is 6.09. The molecule has 0 fully saturated rings. The van der Waals surface area contributed by atoms with E-state index in [9.17, 15) is 4.79 Å². The van der Waals surface area contributed by atoms with Crippen LogP contribution in [-0.2, 0) is 4.79 Å². The standard InChI is InChI=1S/C11H14Cl2N2O/c1-2-3-9(14)11(16)15-10-6-7(12)4-5-8(10)13/h4-6,9H,2-3,14H2,1H3,(H,15,16)/t9-/m0/s1. The zero-order chi connectivity index (χ0) is 12.1. The molecule has 0 aromatic heterocycles. The molecule has 1 aromatic rings. The molecule has 1 rings (SSSR count). The molecule has 0 saturated heterocycles. The second-order valence-corrected chi connectivity index (χ2v) is 4.35. The van der Waals surface area contributed by atoms with Crippen molar-refractivity contribution in [2.75, 3.05) is 5.32 Å². The van der Waals surface area contributed by atoms with Gasteiger partial charge in [-0.3, -0.25) is 4.79 Å². The van der Waals surface area contributed by atoms with E-state index >= 15 is 0 Å². The van der Waals surface area contributed by atoms with Crippen molar-refractivity contribution in [3.63, 3.8) is 0 Å². The first-order valence-electron chi connectivity index (χ1n) is 5.06. The van der Waals surface area contributed by atoms with Crippen molar-refractivity contribution in [3.05, 3.63) is 28.2 Å². The molecule has 3 nitrogen and oxygen atoms in total. The van der Waals surface area contributed by atoms with Crippen LogP contribution in [0.3, 0.4) is 0 Å². The third-order valence-corrected chi connectivity index (χ3v) is 2.69. The van der Waals surface area contributed by atoms with Crippen LogP contribution in [-0.4, -0.2) is 11.9 Å². The number of benzene rings is 1. The Morgan fingerprint density at radius 1 is 1.50 bits per heavy atom. The van der Waals surface area contributed by atoms with Crippen LogP contribution in [0.1, 0.15) is 19.8 Å². The lowest BCUT2D eigenvalue weighted by molar-refractivity contribution is -0.117. The maximum atomic E-state index is 11.6. The molecule has 0 aliphatic heterocycles. The molecule has 5 heteroatoms. The highest BCUT2D eigenvalue weighted by Crippen LogP contribution is 2.25. The van der Waals surface area contributed by atoms with E-state index in [4.69, 9.17) is 28.9 Å². The van der Waals surface area contributed by atoms with Crippen molar-refractivity contribution in [1.29, 1.82) is 0 Å². The van der Waals surface area contributed by atoms with Crippen LogP contribution in [0.15, 0.2) is 18.2 Å². The van der Waals surface area contributed by atoms with E-state index in [2.05, 4.69) is 5.32 Å². The Balaban J connectivity index is 2.72. The predicted octanol–water partition coefficient (Wildman–Crippen LogP) is 3.06. The van der Waals surface area contributed by atoms with Gasteiger partial charge in [0, 0.05) is 5.02 Å². The Hall–Kier alpha value is -0.770. The summed E-state index contributed by atoms with van der Waals surface area (Å²) >= 11 is 11.7. The zero-order valence-corrected chi connectivity index (χ0v) is 10.5. The summed E-state index contributed by atoms with van der Waals surface area (Å²) < 4.78 is 0.